The number of hydrogen-bond acceptors (Lipinski definition) is 3. The second-order valence-electron chi connectivity index (χ2n) is 9.10. The van der Waals surface area contributed by atoms with Crippen molar-refractivity contribution >= 4 is 21.9 Å². The first-order valence-corrected chi connectivity index (χ1v) is 11.8. The van der Waals surface area contributed by atoms with Gasteiger partial charge in [-0.05, 0) is 72.6 Å². The maximum atomic E-state index is 13.9. The van der Waals surface area contributed by atoms with Gasteiger partial charge in [-0.25, -0.2) is 14.4 Å². The van der Waals surface area contributed by atoms with Gasteiger partial charge in [-0.15, -0.1) is 0 Å². The van der Waals surface area contributed by atoms with Crippen molar-refractivity contribution in [2.24, 2.45) is 0 Å². The summed E-state index contributed by atoms with van der Waals surface area (Å²) < 4.78 is 57.4. The molecule has 2 aromatic heterocycles. The van der Waals surface area contributed by atoms with Crippen molar-refractivity contribution in [3.63, 3.8) is 0 Å². The minimum atomic E-state index is -4.72. The molecule has 8 heteroatoms. The van der Waals surface area contributed by atoms with Crippen LogP contribution in [0.1, 0.15) is 24.4 Å². The lowest BCUT2D eigenvalue weighted by Gasteiger charge is -2.26. The molecule has 0 bridgehead atoms. The van der Waals surface area contributed by atoms with Crippen LogP contribution in [0.5, 0.6) is 0 Å². The smallest absolute Gasteiger partial charge is 0.317 e. The van der Waals surface area contributed by atoms with Gasteiger partial charge in [0, 0.05) is 23.4 Å². The largest absolute Gasteiger partial charge is 0.417 e. The fourth-order valence-electron chi connectivity index (χ4n) is 5.06. The third kappa shape index (κ3) is 4.01. The van der Waals surface area contributed by atoms with E-state index in [1.807, 2.05) is 47.0 Å². The summed E-state index contributed by atoms with van der Waals surface area (Å²) in [7, 11) is 0. The molecule has 1 N–H and O–H groups in total. The molecule has 1 fully saturated rings. The first-order valence-electron chi connectivity index (χ1n) is 11.8. The molecule has 36 heavy (non-hydrogen) atoms. The van der Waals surface area contributed by atoms with Crippen molar-refractivity contribution in [3.8, 4) is 22.5 Å². The Bertz CT molecular complexity index is 1580. The van der Waals surface area contributed by atoms with Gasteiger partial charge in [0.25, 0.3) is 0 Å². The minimum Gasteiger partial charge on any atom is -0.317 e. The Balaban J connectivity index is 1.55. The third-order valence-corrected chi connectivity index (χ3v) is 6.81. The average molecular weight is 491 g/mol. The first-order chi connectivity index (χ1) is 17.4. The predicted octanol–water partition coefficient (Wildman–Crippen LogP) is 7.00. The summed E-state index contributed by atoms with van der Waals surface area (Å²) in [5.41, 5.74) is 1.62. The fraction of sp³-hybridized carbons (Fsp3) is 0.214. The molecule has 0 aliphatic carbocycles. The Kier molecular flexibility index (Phi) is 5.48. The summed E-state index contributed by atoms with van der Waals surface area (Å²) in [6, 6.07) is 18.7. The van der Waals surface area contributed by atoms with Gasteiger partial charge in [-0.3, -0.25) is 0 Å². The zero-order chi connectivity index (χ0) is 24.9. The maximum Gasteiger partial charge on any atom is 0.417 e. The topological polar surface area (TPSA) is 42.7 Å². The van der Waals surface area contributed by atoms with E-state index in [1.165, 1.54) is 6.07 Å². The van der Waals surface area contributed by atoms with Crippen LogP contribution >= 0.6 is 0 Å². The van der Waals surface area contributed by atoms with Crippen LogP contribution in [0.4, 0.5) is 17.6 Å². The second-order valence-corrected chi connectivity index (χ2v) is 9.10. The highest BCUT2D eigenvalue weighted by Crippen LogP contribution is 2.40. The third-order valence-electron chi connectivity index (χ3n) is 6.81. The Morgan fingerprint density at radius 2 is 1.64 bits per heavy atom. The molecule has 1 aliphatic heterocycles. The summed E-state index contributed by atoms with van der Waals surface area (Å²) in [6.45, 7) is 1.49. The van der Waals surface area contributed by atoms with Gasteiger partial charge in [-0.1, -0.05) is 36.4 Å². The number of fused-ring (bicyclic) bond motifs is 2. The predicted molar refractivity (Wildman–Crippen MR) is 132 cm³/mol. The zero-order valence-corrected chi connectivity index (χ0v) is 19.2. The highest BCUT2D eigenvalue weighted by atomic mass is 19.4. The summed E-state index contributed by atoms with van der Waals surface area (Å²) in [5, 5.41) is 5.48. The molecule has 1 saturated heterocycles. The van der Waals surface area contributed by atoms with Crippen LogP contribution < -0.4 is 5.32 Å². The fourth-order valence-corrected chi connectivity index (χ4v) is 5.06. The molecular weight excluding hydrogens is 468 g/mol. The Hall–Kier alpha value is -3.78. The number of imidazole rings is 1. The van der Waals surface area contributed by atoms with Crippen LogP contribution in [0.2, 0.25) is 0 Å². The van der Waals surface area contributed by atoms with Gasteiger partial charge in [0.2, 0.25) is 0 Å². The Morgan fingerprint density at radius 3 is 2.42 bits per heavy atom. The monoisotopic (exact) mass is 490 g/mol. The number of nitrogens with one attached hydrogen (secondary N) is 1. The van der Waals surface area contributed by atoms with Crippen molar-refractivity contribution in [3.05, 3.63) is 84.3 Å². The van der Waals surface area contributed by atoms with Crippen molar-refractivity contribution in [2.75, 3.05) is 13.1 Å². The summed E-state index contributed by atoms with van der Waals surface area (Å²) in [4.78, 5) is 9.36. The van der Waals surface area contributed by atoms with Crippen LogP contribution in [0.25, 0.3) is 44.5 Å². The van der Waals surface area contributed by atoms with E-state index in [0.29, 0.717) is 17.2 Å². The van der Waals surface area contributed by atoms with Crippen molar-refractivity contribution in [1.82, 2.24) is 19.9 Å². The molecule has 0 atom stereocenters. The van der Waals surface area contributed by atoms with Gasteiger partial charge >= 0.3 is 6.18 Å². The first kappa shape index (κ1) is 22.7. The number of alkyl halides is 3. The number of nitrogens with zero attached hydrogens (tertiary/aromatic N) is 3. The summed E-state index contributed by atoms with van der Waals surface area (Å²) in [6.07, 6.45) is -1.52. The SMILES string of the molecule is Fc1ccc(-c2nc3cc(-c4ccc5ccccc5c4)cnc3n2C2CCNCC2)c(C(F)(F)F)c1. The molecule has 4 nitrogen and oxygen atoms in total. The van der Waals surface area contributed by atoms with Crippen LogP contribution in [0, 0.1) is 5.82 Å². The number of piperidine rings is 1. The molecule has 182 valence electrons. The molecule has 0 unspecified atom stereocenters. The van der Waals surface area contributed by atoms with Gasteiger partial charge in [0.05, 0.1) is 5.56 Å². The summed E-state index contributed by atoms with van der Waals surface area (Å²) >= 11 is 0. The molecule has 0 spiro atoms. The number of hydrogen-bond donors (Lipinski definition) is 1. The number of aromatic nitrogens is 3. The van der Waals surface area contributed by atoms with Crippen LogP contribution in [-0.2, 0) is 6.18 Å². The average Bonchev–Trinajstić information content (AvgIpc) is 3.27. The minimum absolute atomic E-state index is 0.0728. The van der Waals surface area contributed by atoms with Gasteiger partial charge in [0.1, 0.15) is 17.2 Å². The Labute approximate surface area is 204 Å². The van der Waals surface area contributed by atoms with Crippen LogP contribution in [0.3, 0.4) is 0 Å². The van der Waals surface area contributed by atoms with E-state index in [1.54, 1.807) is 6.20 Å². The zero-order valence-electron chi connectivity index (χ0n) is 19.2. The van der Waals surface area contributed by atoms with Crippen LogP contribution in [0.15, 0.2) is 72.9 Å². The highest BCUT2D eigenvalue weighted by molar-refractivity contribution is 5.89. The molecule has 0 amide bonds. The standard InChI is InChI=1S/C28H22F4N4/c29-21-7-8-23(24(15-21)28(30,31)32)26-35-25-14-20(19-6-5-17-3-1-2-4-18(17)13-19)16-34-27(25)36(26)22-9-11-33-12-10-22/h1-8,13-16,22,33H,9-12H2. The lowest BCUT2D eigenvalue weighted by atomic mass is 10.0. The molecule has 0 radical (unpaired) electrons. The molecule has 6 rings (SSSR count). The highest BCUT2D eigenvalue weighted by Gasteiger charge is 2.36. The van der Waals surface area contributed by atoms with Crippen molar-refractivity contribution in [2.45, 2.75) is 25.1 Å². The van der Waals surface area contributed by atoms with Crippen molar-refractivity contribution < 1.29 is 17.6 Å². The van der Waals surface area contributed by atoms with E-state index in [-0.39, 0.29) is 17.4 Å². The van der Waals surface area contributed by atoms with E-state index in [4.69, 9.17) is 4.98 Å². The molecule has 3 aromatic carbocycles. The normalized spacial score (nSPS) is 15.1. The van der Waals surface area contributed by atoms with Gasteiger partial charge in [0.15, 0.2) is 5.65 Å². The van der Waals surface area contributed by atoms with E-state index >= 15 is 0 Å². The molecule has 0 saturated carbocycles. The van der Waals surface area contributed by atoms with E-state index in [9.17, 15) is 17.6 Å². The second kappa shape index (κ2) is 8.71. The van der Waals surface area contributed by atoms with Crippen LogP contribution in [-0.4, -0.2) is 27.6 Å². The van der Waals surface area contributed by atoms with E-state index in [0.717, 1.165) is 53.9 Å². The quantitative estimate of drug-likeness (QED) is 0.277. The molecular formula is C28H22F4N4. The Morgan fingerprint density at radius 1 is 0.861 bits per heavy atom. The molecule has 5 aromatic rings. The van der Waals surface area contributed by atoms with Gasteiger partial charge < -0.3 is 9.88 Å². The number of halogens is 4. The number of rotatable bonds is 3. The summed E-state index contributed by atoms with van der Waals surface area (Å²) in [5.74, 6) is -0.778. The van der Waals surface area contributed by atoms with E-state index < -0.39 is 17.6 Å². The van der Waals surface area contributed by atoms with Crippen molar-refractivity contribution in [1.29, 1.82) is 0 Å². The maximum absolute atomic E-state index is 13.9. The molecule has 1 aliphatic rings. The molecule has 3 heterocycles. The number of benzene rings is 3. The van der Waals surface area contributed by atoms with E-state index in [2.05, 4.69) is 16.4 Å². The lowest BCUT2D eigenvalue weighted by Crippen LogP contribution is -2.30. The van der Waals surface area contributed by atoms with Gasteiger partial charge in [-0.2, -0.15) is 13.2 Å². The lowest BCUT2D eigenvalue weighted by molar-refractivity contribution is -0.137. The number of pyridine rings is 1.